The SMILES string of the molecule is CCCCCC(C)(OCC)C(=O)Nc1ccc(OCC(C)C)c(C#N)c1. The monoisotopic (exact) mass is 360 g/mol. The Labute approximate surface area is 157 Å². The molecule has 0 aliphatic carbocycles. The molecule has 0 radical (unpaired) electrons. The topological polar surface area (TPSA) is 71.3 Å². The molecular weight excluding hydrogens is 328 g/mol. The van der Waals surface area contributed by atoms with Gasteiger partial charge in [0.05, 0.1) is 12.2 Å². The van der Waals surface area contributed by atoms with E-state index < -0.39 is 5.60 Å². The van der Waals surface area contributed by atoms with Gasteiger partial charge in [0.2, 0.25) is 0 Å². The Hall–Kier alpha value is -2.06. The summed E-state index contributed by atoms with van der Waals surface area (Å²) in [5, 5.41) is 12.3. The fraction of sp³-hybridized carbons (Fsp3) is 0.619. The predicted molar refractivity (Wildman–Crippen MR) is 104 cm³/mol. The van der Waals surface area contributed by atoms with Crippen LogP contribution in [0.25, 0.3) is 0 Å². The van der Waals surface area contributed by atoms with E-state index in [1.54, 1.807) is 18.2 Å². The van der Waals surface area contributed by atoms with Gasteiger partial charge in [0, 0.05) is 12.3 Å². The first-order valence-corrected chi connectivity index (χ1v) is 9.48. The Morgan fingerprint density at radius 3 is 2.62 bits per heavy atom. The molecule has 1 aromatic carbocycles. The third-order valence-electron chi connectivity index (χ3n) is 4.13. The van der Waals surface area contributed by atoms with Crippen molar-refractivity contribution in [2.75, 3.05) is 18.5 Å². The summed E-state index contributed by atoms with van der Waals surface area (Å²) >= 11 is 0. The molecule has 0 fully saturated rings. The number of nitrogens with one attached hydrogen (secondary N) is 1. The van der Waals surface area contributed by atoms with Gasteiger partial charge in [0.25, 0.3) is 5.91 Å². The zero-order valence-electron chi connectivity index (χ0n) is 16.7. The Kier molecular flexibility index (Phi) is 9.15. The molecule has 1 atom stereocenters. The predicted octanol–water partition coefficient (Wildman–Crippen LogP) is 4.91. The van der Waals surface area contributed by atoms with Crippen molar-refractivity contribution in [1.29, 1.82) is 5.26 Å². The molecule has 1 aromatic rings. The number of rotatable bonds is 11. The molecule has 1 rings (SSSR count). The summed E-state index contributed by atoms with van der Waals surface area (Å²) in [5.74, 6) is 0.723. The summed E-state index contributed by atoms with van der Waals surface area (Å²) < 4.78 is 11.4. The van der Waals surface area contributed by atoms with Gasteiger partial charge in [-0.05, 0) is 44.4 Å². The summed E-state index contributed by atoms with van der Waals surface area (Å²) in [7, 11) is 0. The largest absolute Gasteiger partial charge is 0.492 e. The number of hydrogen-bond acceptors (Lipinski definition) is 4. The summed E-state index contributed by atoms with van der Waals surface area (Å²) in [6.45, 7) is 11.0. The summed E-state index contributed by atoms with van der Waals surface area (Å²) in [6, 6.07) is 7.26. The van der Waals surface area contributed by atoms with Crippen LogP contribution in [-0.2, 0) is 9.53 Å². The Balaban J connectivity index is 2.87. The molecule has 0 heterocycles. The average Bonchev–Trinajstić information content (AvgIpc) is 2.60. The van der Waals surface area contributed by atoms with Crippen LogP contribution in [0.1, 0.15) is 65.9 Å². The number of benzene rings is 1. The maximum atomic E-state index is 12.8. The fourth-order valence-corrected chi connectivity index (χ4v) is 2.62. The third-order valence-corrected chi connectivity index (χ3v) is 4.13. The molecule has 0 aromatic heterocycles. The van der Waals surface area contributed by atoms with Crippen molar-refractivity contribution in [3.63, 3.8) is 0 Å². The molecular formula is C21H32N2O3. The highest BCUT2D eigenvalue weighted by Crippen LogP contribution is 2.26. The van der Waals surface area contributed by atoms with Crippen LogP contribution in [0.4, 0.5) is 5.69 Å². The van der Waals surface area contributed by atoms with E-state index in [1.165, 1.54) is 0 Å². The molecule has 0 saturated carbocycles. The quantitative estimate of drug-likeness (QED) is 0.569. The minimum Gasteiger partial charge on any atom is -0.492 e. The highest BCUT2D eigenvalue weighted by molar-refractivity contribution is 5.97. The van der Waals surface area contributed by atoms with Gasteiger partial charge in [-0.1, -0.05) is 40.0 Å². The molecule has 144 valence electrons. The van der Waals surface area contributed by atoms with Gasteiger partial charge in [-0.3, -0.25) is 4.79 Å². The van der Waals surface area contributed by atoms with E-state index in [0.717, 1.165) is 19.3 Å². The molecule has 5 heteroatoms. The van der Waals surface area contributed by atoms with E-state index in [-0.39, 0.29) is 5.91 Å². The number of hydrogen-bond donors (Lipinski definition) is 1. The van der Waals surface area contributed by atoms with Gasteiger partial charge in [-0.25, -0.2) is 0 Å². The van der Waals surface area contributed by atoms with Crippen LogP contribution in [0.5, 0.6) is 5.75 Å². The number of unbranched alkanes of at least 4 members (excludes halogenated alkanes) is 2. The molecule has 0 saturated heterocycles. The highest BCUT2D eigenvalue weighted by Gasteiger charge is 2.33. The lowest BCUT2D eigenvalue weighted by atomic mass is 9.96. The second-order valence-electron chi connectivity index (χ2n) is 7.10. The van der Waals surface area contributed by atoms with Crippen molar-refractivity contribution in [1.82, 2.24) is 0 Å². The van der Waals surface area contributed by atoms with Gasteiger partial charge in [-0.15, -0.1) is 0 Å². The molecule has 0 aliphatic heterocycles. The van der Waals surface area contributed by atoms with E-state index in [0.29, 0.717) is 42.6 Å². The second kappa shape index (κ2) is 10.8. The summed E-state index contributed by atoms with van der Waals surface area (Å²) in [5.41, 5.74) is 0.112. The van der Waals surface area contributed by atoms with Crippen LogP contribution in [0.15, 0.2) is 18.2 Å². The van der Waals surface area contributed by atoms with E-state index in [1.807, 2.05) is 27.7 Å². The maximum Gasteiger partial charge on any atom is 0.256 e. The molecule has 1 N–H and O–H groups in total. The molecule has 1 unspecified atom stereocenters. The standard InChI is InChI=1S/C21H32N2O3/c1-6-8-9-12-21(5,26-7-2)20(24)23-18-10-11-19(17(13-18)14-22)25-15-16(3)4/h10-11,13,16H,6-9,12,15H2,1-5H3,(H,23,24). The number of carbonyl (C=O) groups is 1. The van der Waals surface area contributed by atoms with Gasteiger partial charge in [-0.2, -0.15) is 5.26 Å². The van der Waals surface area contributed by atoms with Gasteiger partial charge >= 0.3 is 0 Å². The number of ether oxygens (including phenoxy) is 2. The molecule has 26 heavy (non-hydrogen) atoms. The van der Waals surface area contributed by atoms with Crippen molar-refractivity contribution in [2.24, 2.45) is 5.92 Å². The first-order chi connectivity index (χ1) is 12.4. The van der Waals surface area contributed by atoms with Crippen LogP contribution in [-0.4, -0.2) is 24.7 Å². The Morgan fingerprint density at radius 2 is 2.04 bits per heavy atom. The summed E-state index contributed by atoms with van der Waals surface area (Å²) in [4.78, 5) is 12.8. The lowest BCUT2D eigenvalue weighted by Gasteiger charge is -2.28. The van der Waals surface area contributed by atoms with Crippen molar-refractivity contribution >= 4 is 11.6 Å². The smallest absolute Gasteiger partial charge is 0.256 e. The lowest BCUT2D eigenvalue weighted by Crippen LogP contribution is -2.42. The van der Waals surface area contributed by atoms with Crippen molar-refractivity contribution in [3.05, 3.63) is 23.8 Å². The number of nitriles is 1. The van der Waals surface area contributed by atoms with Crippen LogP contribution in [0.2, 0.25) is 0 Å². The zero-order valence-corrected chi connectivity index (χ0v) is 16.7. The fourth-order valence-electron chi connectivity index (χ4n) is 2.62. The van der Waals surface area contributed by atoms with Gasteiger partial charge in [0.15, 0.2) is 0 Å². The van der Waals surface area contributed by atoms with Crippen LogP contribution in [0.3, 0.4) is 0 Å². The van der Waals surface area contributed by atoms with Crippen molar-refractivity contribution in [2.45, 2.75) is 65.9 Å². The number of carbonyl (C=O) groups excluding carboxylic acids is 1. The minimum absolute atomic E-state index is 0.185. The first kappa shape index (κ1) is 22.0. The van der Waals surface area contributed by atoms with E-state index >= 15 is 0 Å². The maximum absolute atomic E-state index is 12.8. The molecule has 5 nitrogen and oxygen atoms in total. The molecule has 0 spiro atoms. The Bertz CT molecular complexity index is 622. The third kappa shape index (κ3) is 6.68. The normalized spacial score (nSPS) is 13.1. The number of amides is 1. The van der Waals surface area contributed by atoms with Gasteiger partial charge < -0.3 is 14.8 Å². The summed E-state index contributed by atoms with van der Waals surface area (Å²) in [6.07, 6.45) is 3.76. The molecule has 1 amide bonds. The second-order valence-corrected chi connectivity index (χ2v) is 7.10. The highest BCUT2D eigenvalue weighted by atomic mass is 16.5. The van der Waals surface area contributed by atoms with Crippen LogP contribution >= 0.6 is 0 Å². The average molecular weight is 360 g/mol. The van der Waals surface area contributed by atoms with E-state index in [9.17, 15) is 10.1 Å². The number of anilines is 1. The first-order valence-electron chi connectivity index (χ1n) is 9.48. The lowest BCUT2D eigenvalue weighted by molar-refractivity contribution is -0.139. The zero-order chi connectivity index (χ0) is 19.6. The van der Waals surface area contributed by atoms with E-state index in [4.69, 9.17) is 9.47 Å². The van der Waals surface area contributed by atoms with Crippen molar-refractivity contribution in [3.8, 4) is 11.8 Å². The minimum atomic E-state index is -0.871. The van der Waals surface area contributed by atoms with E-state index in [2.05, 4.69) is 18.3 Å². The molecule has 0 bridgehead atoms. The number of nitrogens with zero attached hydrogens (tertiary/aromatic N) is 1. The Morgan fingerprint density at radius 1 is 1.31 bits per heavy atom. The van der Waals surface area contributed by atoms with Crippen molar-refractivity contribution < 1.29 is 14.3 Å². The van der Waals surface area contributed by atoms with Gasteiger partial charge in [0.1, 0.15) is 17.4 Å². The van der Waals surface area contributed by atoms with Crippen LogP contribution < -0.4 is 10.1 Å². The molecule has 0 aliphatic rings. The van der Waals surface area contributed by atoms with Crippen LogP contribution in [0, 0.1) is 17.2 Å².